The standard InChI is InChI=1S/C20H16F2N2O4/c1-10-9-28-19-14(7-23-12-4-2-11(21)3-5-12)16(22)6-13-17(19)24(10)8-15(18(13)25)20(26)27/h2-6,8,10,23H,7,9H2,1H3,(H,26,27)/t10-/m0/s1. The molecule has 3 aromatic rings. The second-order valence-electron chi connectivity index (χ2n) is 6.67. The van der Waals surface area contributed by atoms with Gasteiger partial charge in [-0.1, -0.05) is 0 Å². The normalized spacial score (nSPS) is 15.3. The number of aromatic nitrogens is 1. The van der Waals surface area contributed by atoms with E-state index in [9.17, 15) is 23.5 Å². The van der Waals surface area contributed by atoms with Gasteiger partial charge in [-0.25, -0.2) is 13.6 Å². The van der Waals surface area contributed by atoms with Crippen molar-refractivity contribution in [1.29, 1.82) is 0 Å². The number of nitrogens with zero attached hydrogens (tertiary/aromatic N) is 1. The maximum atomic E-state index is 14.8. The van der Waals surface area contributed by atoms with Crippen LogP contribution in [-0.2, 0) is 6.54 Å². The molecule has 6 nitrogen and oxygen atoms in total. The van der Waals surface area contributed by atoms with E-state index < -0.39 is 22.8 Å². The zero-order chi connectivity index (χ0) is 20.0. The third-order valence-electron chi connectivity index (χ3n) is 4.81. The number of rotatable bonds is 4. The Morgan fingerprint density at radius 2 is 2.04 bits per heavy atom. The van der Waals surface area contributed by atoms with Crippen LogP contribution in [0.5, 0.6) is 5.75 Å². The van der Waals surface area contributed by atoms with Gasteiger partial charge in [0.25, 0.3) is 0 Å². The molecule has 144 valence electrons. The van der Waals surface area contributed by atoms with E-state index in [0.717, 1.165) is 6.07 Å². The van der Waals surface area contributed by atoms with Crippen molar-refractivity contribution < 1.29 is 23.4 Å². The van der Waals surface area contributed by atoms with E-state index in [-0.39, 0.29) is 41.7 Å². The molecule has 8 heteroatoms. The number of pyridine rings is 1. The number of benzene rings is 2. The molecule has 1 aliphatic heterocycles. The molecule has 1 aliphatic rings. The predicted octanol–water partition coefficient (Wildman–Crippen LogP) is 3.54. The Morgan fingerprint density at radius 1 is 1.32 bits per heavy atom. The lowest BCUT2D eigenvalue weighted by Crippen LogP contribution is -2.27. The largest absolute Gasteiger partial charge is 0.489 e. The number of hydrogen-bond acceptors (Lipinski definition) is 4. The quantitative estimate of drug-likeness (QED) is 0.717. The summed E-state index contributed by atoms with van der Waals surface area (Å²) in [5.74, 6) is -2.22. The minimum Gasteiger partial charge on any atom is -0.489 e. The van der Waals surface area contributed by atoms with E-state index >= 15 is 0 Å². The van der Waals surface area contributed by atoms with Crippen LogP contribution in [0.3, 0.4) is 0 Å². The summed E-state index contributed by atoms with van der Waals surface area (Å²) in [5.41, 5.74) is 0.000303. The van der Waals surface area contributed by atoms with Crippen LogP contribution in [0.15, 0.2) is 41.3 Å². The van der Waals surface area contributed by atoms with Crippen molar-refractivity contribution in [1.82, 2.24) is 4.57 Å². The highest BCUT2D eigenvalue weighted by molar-refractivity contribution is 5.95. The van der Waals surface area contributed by atoms with E-state index in [1.54, 1.807) is 4.57 Å². The van der Waals surface area contributed by atoms with Gasteiger partial charge in [-0.3, -0.25) is 4.79 Å². The van der Waals surface area contributed by atoms with Gasteiger partial charge in [0.15, 0.2) is 5.75 Å². The molecular weight excluding hydrogens is 370 g/mol. The maximum Gasteiger partial charge on any atom is 0.341 e. The summed E-state index contributed by atoms with van der Waals surface area (Å²) < 4.78 is 35.2. The Balaban J connectivity index is 1.86. The SMILES string of the molecule is C[C@H]1COc2c(CNc3ccc(F)cc3)c(F)cc3c(=O)c(C(=O)O)cn1c23. The number of halogens is 2. The third kappa shape index (κ3) is 2.87. The minimum atomic E-state index is -1.36. The molecule has 2 N–H and O–H groups in total. The second kappa shape index (κ2) is 6.63. The summed E-state index contributed by atoms with van der Waals surface area (Å²) in [4.78, 5) is 23.9. The van der Waals surface area contributed by atoms with Crippen LogP contribution < -0.4 is 15.5 Å². The number of nitrogens with one attached hydrogen (secondary N) is 1. The molecular formula is C20H16F2N2O4. The van der Waals surface area contributed by atoms with E-state index in [4.69, 9.17) is 4.74 Å². The number of hydrogen-bond donors (Lipinski definition) is 2. The summed E-state index contributed by atoms with van der Waals surface area (Å²) in [6.07, 6.45) is 1.28. The fraction of sp³-hybridized carbons (Fsp3) is 0.200. The number of anilines is 1. The molecule has 0 fully saturated rings. The van der Waals surface area contributed by atoms with Crippen molar-refractivity contribution >= 4 is 22.6 Å². The molecule has 28 heavy (non-hydrogen) atoms. The van der Waals surface area contributed by atoms with Crippen LogP contribution in [0.25, 0.3) is 10.9 Å². The molecule has 0 spiro atoms. The second-order valence-corrected chi connectivity index (χ2v) is 6.67. The lowest BCUT2D eigenvalue weighted by molar-refractivity contribution is 0.0694. The van der Waals surface area contributed by atoms with Crippen LogP contribution in [0.4, 0.5) is 14.5 Å². The van der Waals surface area contributed by atoms with Gasteiger partial charge in [-0.15, -0.1) is 0 Å². The fourth-order valence-corrected chi connectivity index (χ4v) is 3.36. The zero-order valence-corrected chi connectivity index (χ0v) is 14.8. The topological polar surface area (TPSA) is 80.6 Å². The fourth-order valence-electron chi connectivity index (χ4n) is 3.36. The minimum absolute atomic E-state index is 0.0375. The van der Waals surface area contributed by atoms with Gasteiger partial charge in [-0.2, -0.15) is 0 Å². The Hall–Kier alpha value is -3.42. The van der Waals surface area contributed by atoms with Gasteiger partial charge < -0.3 is 19.7 Å². The smallest absolute Gasteiger partial charge is 0.341 e. The first kappa shape index (κ1) is 18.0. The molecule has 0 saturated carbocycles. The highest BCUT2D eigenvalue weighted by Gasteiger charge is 2.27. The van der Waals surface area contributed by atoms with Crippen molar-refractivity contribution in [2.45, 2.75) is 19.5 Å². The first-order chi connectivity index (χ1) is 13.4. The molecule has 0 unspecified atom stereocenters. The number of carboxylic acid groups (broad SMARTS) is 1. The van der Waals surface area contributed by atoms with Gasteiger partial charge in [0.1, 0.15) is 23.8 Å². The van der Waals surface area contributed by atoms with Crippen LogP contribution in [0.2, 0.25) is 0 Å². The van der Waals surface area contributed by atoms with Crippen molar-refractivity contribution in [3.8, 4) is 5.75 Å². The number of aromatic carboxylic acids is 1. The van der Waals surface area contributed by atoms with Gasteiger partial charge in [-0.05, 0) is 37.3 Å². The Morgan fingerprint density at radius 3 is 2.71 bits per heavy atom. The average molecular weight is 386 g/mol. The van der Waals surface area contributed by atoms with Crippen molar-refractivity contribution in [3.63, 3.8) is 0 Å². The number of carbonyl (C=O) groups is 1. The van der Waals surface area contributed by atoms with Crippen LogP contribution in [0.1, 0.15) is 28.9 Å². The monoisotopic (exact) mass is 386 g/mol. The van der Waals surface area contributed by atoms with Gasteiger partial charge in [0, 0.05) is 18.4 Å². The molecule has 0 amide bonds. The summed E-state index contributed by atoms with van der Waals surface area (Å²) in [6.45, 7) is 2.07. The zero-order valence-electron chi connectivity index (χ0n) is 14.8. The molecule has 0 radical (unpaired) electrons. The third-order valence-corrected chi connectivity index (χ3v) is 4.81. The van der Waals surface area contributed by atoms with E-state index in [1.165, 1.54) is 30.5 Å². The molecule has 0 bridgehead atoms. The van der Waals surface area contributed by atoms with E-state index in [2.05, 4.69) is 5.32 Å². The van der Waals surface area contributed by atoms with Gasteiger partial charge in [0.2, 0.25) is 5.43 Å². The molecule has 0 saturated heterocycles. The van der Waals surface area contributed by atoms with Gasteiger partial charge >= 0.3 is 5.97 Å². The average Bonchev–Trinajstić information content (AvgIpc) is 2.66. The summed E-state index contributed by atoms with van der Waals surface area (Å²) in [5, 5.41) is 12.3. The predicted molar refractivity (Wildman–Crippen MR) is 99.1 cm³/mol. The summed E-state index contributed by atoms with van der Waals surface area (Å²) in [6, 6.07) is 6.44. The van der Waals surface area contributed by atoms with Crippen molar-refractivity contribution in [2.24, 2.45) is 0 Å². The molecule has 2 heterocycles. The Kier molecular flexibility index (Phi) is 4.26. The van der Waals surface area contributed by atoms with Crippen molar-refractivity contribution in [2.75, 3.05) is 11.9 Å². The number of carboxylic acids is 1. The van der Waals surface area contributed by atoms with E-state index in [1.807, 2.05) is 6.92 Å². The van der Waals surface area contributed by atoms with Gasteiger partial charge in [0.05, 0.1) is 22.5 Å². The molecule has 4 rings (SSSR count). The first-order valence-electron chi connectivity index (χ1n) is 8.62. The molecule has 1 aromatic heterocycles. The lowest BCUT2D eigenvalue weighted by Gasteiger charge is -2.28. The molecule has 0 aliphatic carbocycles. The Labute approximate surface area is 158 Å². The highest BCUT2D eigenvalue weighted by atomic mass is 19.1. The lowest BCUT2D eigenvalue weighted by atomic mass is 10.0. The summed E-state index contributed by atoms with van der Waals surface area (Å²) >= 11 is 0. The van der Waals surface area contributed by atoms with Crippen LogP contribution >= 0.6 is 0 Å². The molecule has 1 atom stereocenters. The van der Waals surface area contributed by atoms with Crippen LogP contribution in [0, 0.1) is 11.6 Å². The van der Waals surface area contributed by atoms with Crippen LogP contribution in [-0.4, -0.2) is 22.2 Å². The first-order valence-corrected chi connectivity index (χ1v) is 8.62. The Bertz CT molecular complexity index is 1160. The number of ether oxygens (including phenoxy) is 1. The molecule has 2 aromatic carbocycles. The maximum absolute atomic E-state index is 14.8. The van der Waals surface area contributed by atoms with Crippen molar-refractivity contribution in [3.05, 3.63) is 69.5 Å². The summed E-state index contributed by atoms with van der Waals surface area (Å²) in [7, 11) is 0. The van der Waals surface area contributed by atoms with E-state index in [0.29, 0.717) is 11.2 Å². The highest BCUT2D eigenvalue weighted by Crippen LogP contribution is 2.36.